The van der Waals surface area contributed by atoms with Crippen molar-refractivity contribution in [3.05, 3.63) is 23.7 Å². The van der Waals surface area contributed by atoms with Crippen molar-refractivity contribution in [3.63, 3.8) is 0 Å². The molecule has 0 bridgehead atoms. The van der Waals surface area contributed by atoms with Gasteiger partial charge in [0.05, 0.1) is 11.3 Å². The predicted molar refractivity (Wildman–Crippen MR) is 81.8 cm³/mol. The van der Waals surface area contributed by atoms with Crippen LogP contribution in [0.25, 0.3) is 0 Å². The molecule has 1 aromatic heterocycles. The van der Waals surface area contributed by atoms with E-state index in [-0.39, 0.29) is 29.0 Å². The van der Waals surface area contributed by atoms with Gasteiger partial charge >= 0.3 is 5.97 Å². The standard InChI is InChI=1S/C14H20N2O6S/c1-2-7-23(20,21)15-11-3-5-16(6-4-11)13(17)12-8-10(9-22-12)14(18)19/h8-9,11,15H,2-7H2,1H3,(H,18,19). The highest BCUT2D eigenvalue weighted by atomic mass is 32.2. The van der Waals surface area contributed by atoms with Gasteiger partial charge in [0.1, 0.15) is 6.26 Å². The number of furan rings is 1. The van der Waals surface area contributed by atoms with Gasteiger partial charge in [-0.2, -0.15) is 0 Å². The van der Waals surface area contributed by atoms with Crippen molar-refractivity contribution in [2.75, 3.05) is 18.8 Å². The first-order valence-corrected chi connectivity index (χ1v) is 9.08. The second-order valence-corrected chi connectivity index (χ2v) is 7.38. The molecule has 1 aliphatic rings. The van der Waals surface area contributed by atoms with Crippen LogP contribution in [0.5, 0.6) is 0 Å². The Labute approximate surface area is 134 Å². The van der Waals surface area contributed by atoms with Gasteiger partial charge in [0.2, 0.25) is 10.0 Å². The van der Waals surface area contributed by atoms with Crippen LogP contribution in [0.1, 0.15) is 47.1 Å². The third-order valence-electron chi connectivity index (χ3n) is 3.66. The number of aromatic carboxylic acids is 1. The smallest absolute Gasteiger partial charge is 0.338 e. The Balaban J connectivity index is 1.91. The predicted octanol–water partition coefficient (Wildman–Crippen LogP) is 0.912. The molecule has 2 heterocycles. The maximum absolute atomic E-state index is 12.2. The molecule has 1 aromatic rings. The first-order valence-electron chi connectivity index (χ1n) is 7.43. The molecule has 2 N–H and O–H groups in total. The summed E-state index contributed by atoms with van der Waals surface area (Å²) in [6.45, 7) is 2.58. The Hall–Kier alpha value is -1.87. The minimum Gasteiger partial charge on any atom is -0.478 e. The van der Waals surface area contributed by atoms with Gasteiger partial charge in [-0.25, -0.2) is 17.9 Å². The number of amides is 1. The highest BCUT2D eigenvalue weighted by molar-refractivity contribution is 7.89. The van der Waals surface area contributed by atoms with Crippen molar-refractivity contribution >= 4 is 21.9 Å². The zero-order chi connectivity index (χ0) is 17.0. The molecule has 2 rings (SSSR count). The molecule has 9 heteroatoms. The summed E-state index contributed by atoms with van der Waals surface area (Å²) in [5.41, 5.74) is -0.0736. The van der Waals surface area contributed by atoms with Gasteiger partial charge in [-0.1, -0.05) is 6.92 Å². The molecule has 0 unspecified atom stereocenters. The van der Waals surface area contributed by atoms with Gasteiger partial charge in [-0.05, 0) is 19.3 Å². The average molecular weight is 344 g/mol. The van der Waals surface area contributed by atoms with Gasteiger partial charge in [0.15, 0.2) is 5.76 Å². The molecular formula is C14H20N2O6S. The summed E-state index contributed by atoms with van der Waals surface area (Å²) in [6, 6.07) is 1.02. The summed E-state index contributed by atoms with van der Waals surface area (Å²) in [4.78, 5) is 24.6. The lowest BCUT2D eigenvalue weighted by atomic mass is 10.1. The van der Waals surface area contributed by atoms with E-state index in [2.05, 4.69) is 4.72 Å². The molecule has 0 aliphatic carbocycles. The molecule has 0 radical (unpaired) electrons. The Morgan fingerprint density at radius 3 is 2.57 bits per heavy atom. The van der Waals surface area contributed by atoms with E-state index in [9.17, 15) is 18.0 Å². The highest BCUT2D eigenvalue weighted by Crippen LogP contribution is 2.16. The van der Waals surface area contributed by atoms with Crippen molar-refractivity contribution in [1.29, 1.82) is 0 Å². The van der Waals surface area contributed by atoms with Crippen LogP contribution in [-0.4, -0.2) is 55.2 Å². The third-order valence-corrected chi connectivity index (χ3v) is 5.30. The van der Waals surface area contributed by atoms with E-state index < -0.39 is 16.0 Å². The molecule has 1 saturated heterocycles. The highest BCUT2D eigenvalue weighted by Gasteiger charge is 2.27. The molecule has 0 atom stereocenters. The molecule has 128 valence electrons. The van der Waals surface area contributed by atoms with E-state index in [1.165, 1.54) is 11.0 Å². The van der Waals surface area contributed by atoms with Crippen LogP contribution in [0.4, 0.5) is 0 Å². The van der Waals surface area contributed by atoms with Crippen LogP contribution in [-0.2, 0) is 10.0 Å². The SMILES string of the molecule is CCCS(=O)(=O)NC1CCN(C(=O)c2cc(C(=O)O)co2)CC1. The third kappa shape index (κ3) is 4.55. The fraction of sp³-hybridized carbons (Fsp3) is 0.571. The Morgan fingerprint density at radius 2 is 2.04 bits per heavy atom. The number of nitrogens with one attached hydrogen (secondary N) is 1. The Morgan fingerprint density at radius 1 is 1.39 bits per heavy atom. The molecule has 0 saturated carbocycles. The molecule has 0 spiro atoms. The van der Waals surface area contributed by atoms with E-state index >= 15 is 0 Å². The summed E-state index contributed by atoms with van der Waals surface area (Å²) in [6.07, 6.45) is 2.61. The van der Waals surface area contributed by atoms with Crippen molar-refractivity contribution < 1.29 is 27.5 Å². The average Bonchev–Trinajstić information content (AvgIpc) is 2.96. The number of hydrogen-bond donors (Lipinski definition) is 2. The Kier molecular flexibility index (Phi) is 5.42. The molecule has 1 amide bonds. The lowest BCUT2D eigenvalue weighted by Gasteiger charge is -2.31. The van der Waals surface area contributed by atoms with Crippen molar-refractivity contribution in [2.24, 2.45) is 0 Å². The minimum atomic E-state index is -3.26. The quantitative estimate of drug-likeness (QED) is 0.792. The maximum Gasteiger partial charge on any atom is 0.338 e. The maximum atomic E-state index is 12.2. The first-order chi connectivity index (χ1) is 10.8. The summed E-state index contributed by atoms with van der Waals surface area (Å²) < 4.78 is 31.1. The van der Waals surface area contributed by atoms with Gasteiger partial charge in [-0.15, -0.1) is 0 Å². The molecule has 1 fully saturated rings. The number of carbonyl (C=O) groups excluding carboxylic acids is 1. The van der Waals surface area contributed by atoms with Crippen LogP contribution in [0.2, 0.25) is 0 Å². The van der Waals surface area contributed by atoms with Gasteiger partial charge < -0.3 is 14.4 Å². The van der Waals surface area contributed by atoms with Crippen molar-refractivity contribution in [2.45, 2.75) is 32.2 Å². The number of carbonyl (C=O) groups is 2. The molecule has 8 nitrogen and oxygen atoms in total. The summed E-state index contributed by atoms with van der Waals surface area (Å²) >= 11 is 0. The lowest BCUT2D eigenvalue weighted by molar-refractivity contribution is 0.0675. The minimum absolute atomic E-state index is 0.0209. The molecule has 23 heavy (non-hydrogen) atoms. The van der Waals surface area contributed by atoms with E-state index in [0.717, 1.165) is 6.26 Å². The molecule has 1 aliphatic heterocycles. The largest absolute Gasteiger partial charge is 0.478 e. The monoisotopic (exact) mass is 344 g/mol. The zero-order valence-electron chi connectivity index (χ0n) is 12.8. The van der Waals surface area contributed by atoms with E-state index in [1.807, 2.05) is 0 Å². The number of piperidine rings is 1. The van der Waals surface area contributed by atoms with Crippen LogP contribution in [0.15, 0.2) is 16.7 Å². The van der Waals surface area contributed by atoms with Crippen LogP contribution in [0.3, 0.4) is 0 Å². The van der Waals surface area contributed by atoms with E-state index in [0.29, 0.717) is 32.4 Å². The number of carboxylic acid groups (broad SMARTS) is 1. The summed E-state index contributed by atoms with van der Waals surface area (Å²) in [7, 11) is -3.26. The number of hydrogen-bond acceptors (Lipinski definition) is 5. The topological polar surface area (TPSA) is 117 Å². The fourth-order valence-electron chi connectivity index (χ4n) is 2.50. The van der Waals surface area contributed by atoms with Crippen LogP contribution in [0, 0.1) is 0 Å². The fourth-order valence-corrected chi connectivity index (χ4v) is 3.90. The number of rotatable bonds is 6. The van der Waals surface area contributed by atoms with Crippen molar-refractivity contribution in [3.8, 4) is 0 Å². The van der Waals surface area contributed by atoms with Gasteiger partial charge in [0, 0.05) is 25.2 Å². The normalized spacial score (nSPS) is 16.5. The summed E-state index contributed by atoms with van der Waals surface area (Å²) in [5.74, 6) is -1.46. The number of sulfonamides is 1. The van der Waals surface area contributed by atoms with E-state index in [4.69, 9.17) is 9.52 Å². The van der Waals surface area contributed by atoms with Crippen LogP contribution >= 0.6 is 0 Å². The second-order valence-electron chi connectivity index (χ2n) is 5.51. The lowest BCUT2D eigenvalue weighted by Crippen LogP contribution is -2.46. The number of nitrogens with zero attached hydrogens (tertiary/aromatic N) is 1. The van der Waals surface area contributed by atoms with Gasteiger partial charge in [-0.3, -0.25) is 4.79 Å². The second kappa shape index (κ2) is 7.14. The number of carboxylic acids is 1. The number of likely N-dealkylation sites (tertiary alicyclic amines) is 1. The molecule has 0 aromatic carbocycles. The van der Waals surface area contributed by atoms with Crippen LogP contribution < -0.4 is 4.72 Å². The van der Waals surface area contributed by atoms with Gasteiger partial charge in [0.25, 0.3) is 5.91 Å². The zero-order valence-corrected chi connectivity index (χ0v) is 13.6. The van der Waals surface area contributed by atoms with Crippen molar-refractivity contribution in [1.82, 2.24) is 9.62 Å². The Bertz CT molecular complexity index is 673. The molecular weight excluding hydrogens is 324 g/mol. The van der Waals surface area contributed by atoms with E-state index in [1.54, 1.807) is 6.92 Å². The first kappa shape index (κ1) is 17.5. The summed E-state index contributed by atoms with van der Waals surface area (Å²) in [5, 5.41) is 8.83.